The summed E-state index contributed by atoms with van der Waals surface area (Å²) in [6.45, 7) is 0. The highest BCUT2D eigenvalue weighted by atomic mass is 15.2. The highest BCUT2D eigenvalue weighted by Gasteiger charge is 2.25. The van der Waals surface area contributed by atoms with Gasteiger partial charge >= 0.3 is 0 Å². The Morgan fingerprint density at radius 3 is 1.53 bits per heavy atom. The molecule has 0 aliphatic heterocycles. The molecule has 0 aliphatic rings. The smallest absolute Gasteiger partial charge is 0.238 e. The largest absolute Gasteiger partial charge is 0.305 e. The van der Waals surface area contributed by atoms with Gasteiger partial charge in [-0.3, -0.25) is 14.5 Å². The van der Waals surface area contributed by atoms with Crippen molar-refractivity contribution in [2.45, 2.75) is 0 Å². The van der Waals surface area contributed by atoms with Gasteiger partial charge in [-0.05, 0) is 60.5 Å². The lowest BCUT2D eigenvalue weighted by Gasteiger charge is -2.20. The lowest BCUT2D eigenvalue weighted by molar-refractivity contribution is 0.950. The quantitative estimate of drug-likeness (QED) is 0.175. The fraction of sp³-hybridized carbons (Fsp3) is 0. The molecule has 0 atom stereocenters. The van der Waals surface area contributed by atoms with Gasteiger partial charge in [0.15, 0.2) is 11.6 Å². The summed E-state index contributed by atoms with van der Waals surface area (Å²) in [5, 5.41) is -1.76. The predicted molar refractivity (Wildman–Crippen MR) is 229 cm³/mol. The van der Waals surface area contributed by atoms with Crippen LogP contribution in [0, 0.1) is 0 Å². The van der Waals surface area contributed by atoms with Crippen molar-refractivity contribution in [1.29, 1.82) is 0 Å². The fourth-order valence-electron chi connectivity index (χ4n) is 7.02. The number of aromatic nitrogens is 8. The number of pyridine rings is 2. The third-order valence-electron chi connectivity index (χ3n) is 9.26. The monoisotopic (exact) mass is 757 g/mol. The van der Waals surface area contributed by atoms with Crippen molar-refractivity contribution in [1.82, 2.24) is 38.6 Å². The Bertz CT molecular complexity index is 5020. The first-order chi connectivity index (χ1) is 39.5. The van der Waals surface area contributed by atoms with Crippen molar-refractivity contribution in [2.24, 2.45) is 0 Å². The maximum Gasteiger partial charge on any atom is 0.238 e. The Balaban J connectivity index is 1.40. The number of hydrogen-bond acceptors (Lipinski definition) is 5. The van der Waals surface area contributed by atoms with E-state index >= 15 is 0 Å². The average molecular weight is 758 g/mol. The van der Waals surface area contributed by atoms with E-state index in [-0.39, 0.29) is 5.39 Å². The van der Waals surface area contributed by atoms with Crippen molar-refractivity contribution in [3.05, 3.63) is 182 Å². The molecule has 0 fully saturated rings. The van der Waals surface area contributed by atoms with E-state index in [1.807, 2.05) is 0 Å². The summed E-state index contributed by atoms with van der Waals surface area (Å²) >= 11 is 0. The van der Waals surface area contributed by atoms with Crippen LogP contribution in [0.2, 0.25) is 0 Å². The first-order valence-corrected chi connectivity index (χ1v) is 16.7. The van der Waals surface area contributed by atoms with Gasteiger partial charge in [0.25, 0.3) is 0 Å². The van der Waals surface area contributed by atoms with Gasteiger partial charge in [-0.25, -0.2) is 4.98 Å². The summed E-state index contributed by atoms with van der Waals surface area (Å²) < 4.78 is 245. The molecule has 0 N–H and O–H groups in total. The van der Waals surface area contributed by atoms with Gasteiger partial charge in [0.2, 0.25) is 5.95 Å². The summed E-state index contributed by atoms with van der Waals surface area (Å²) in [6.07, 6.45) is -1.61. The first-order valence-electron chi connectivity index (χ1n) is 30.2. The second-order valence-corrected chi connectivity index (χ2v) is 12.2. The lowest BCUT2D eigenvalue weighted by Crippen LogP contribution is -2.10. The van der Waals surface area contributed by atoms with Gasteiger partial charge in [0.05, 0.1) is 92.5 Å². The molecule has 0 spiro atoms. The molecule has 0 saturated carbocycles. The van der Waals surface area contributed by atoms with Gasteiger partial charge < -0.3 is 9.13 Å². The summed E-state index contributed by atoms with van der Waals surface area (Å²) in [7, 11) is 0. The van der Waals surface area contributed by atoms with Crippen LogP contribution in [0.25, 0.3) is 106 Å². The van der Waals surface area contributed by atoms with Crippen molar-refractivity contribution >= 4 is 65.7 Å². The molecule has 8 heteroatoms. The molecule has 266 valence electrons. The van der Waals surface area contributed by atoms with E-state index in [2.05, 4.69) is 15.0 Å². The molecule has 8 nitrogen and oxygen atoms in total. The number of rotatable bonds is 5. The molecule has 6 heterocycles. The number of para-hydroxylation sites is 5. The minimum Gasteiger partial charge on any atom is -0.305 e. The Morgan fingerprint density at radius 1 is 0.404 bits per heavy atom. The van der Waals surface area contributed by atoms with Gasteiger partial charge in [-0.2, -0.15) is 9.97 Å². The molecule has 57 heavy (non-hydrogen) atoms. The molecule has 0 bridgehead atoms. The number of nitrogens with zero attached hydrogens (tertiary/aromatic N) is 8. The van der Waals surface area contributed by atoms with E-state index in [9.17, 15) is 9.60 Å². The molecule has 0 unspecified atom stereocenters. The molecule has 0 saturated heterocycles. The van der Waals surface area contributed by atoms with Crippen LogP contribution in [0.3, 0.4) is 0 Å². The third kappa shape index (κ3) is 4.64. The topological polar surface area (TPSA) is 79.2 Å². The zero-order chi connectivity index (χ0) is 60.9. The summed E-state index contributed by atoms with van der Waals surface area (Å²) in [6, 6.07) is -17.1. The molecular weight excluding hydrogens is 701 g/mol. The lowest BCUT2D eigenvalue weighted by atomic mass is 10.1. The molecular formula is C49H30N8. The van der Waals surface area contributed by atoms with Crippen LogP contribution < -0.4 is 0 Å². The molecule has 6 aromatic heterocycles. The normalized spacial score (nSPS) is 18.5. The molecule has 0 amide bonds. The van der Waals surface area contributed by atoms with Crippen LogP contribution in [0.5, 0.6) is 0 Å². The standard InChI is InChI=1S/C49H30N8/c1-2-15-31(16-3-1)47-52-48(54-49(53-47)57-37-22-8-4-17-32(37)33-18-5-9-23-38(33)57)36-21-12-26-43(55-39-24-10-6-19-34(39)44-41(55)27-13-29-50-44)46(36)56-40-25-11-7-20-35(40)45-42(56)28-14-30-51-45/h1-30H/i1D,2D,3D,4D,5D,6D,7D,8D,9D,10D,11D,13D,14D,15D,16D,17D,18D,19D,20D,22D,23D,24D,25D,27D,28D,29D,30D. The summed E-state index contributed by atoms with van der Waals surface area (Å²) in [5.41, 5.74) is -6.08. The van der Waals surface area contributed by atoms with E-state index < -0.39 is 264 Å². The number of fused-ring (bicyclic) bond motifs is 9. The first kappa shape index (κ1) is 14.9. The highest BCUT2D eigenvalue weighted by Crippen LogP contribution is 2.41. The number of benzene rings is 6. The molecule has 12 rings (SSSR count). The van der Waals surface area contributed by atoms with E-state index in [0.29, 0.717) is 0 Å². The van der Waals surface area contributed by atoms with Crippen LogP contribution in [-0.4, -0.2) is 38.6 Å². The number of hydrogen-bond donors (Lipinski definition) is 0. The average Bonchev–Trinajstić information content (AvgIpc) is 1.76. The van der Waals surface area contributed by atoms with Crippen molar-refractivity contribution < 1.29 is 37.0 Å². The molecule has 0 radical (unpaired) electrons. The predicted octanol–water partition coefficient (Wildman–Crippen LogP) is 11.3. The van der Waals surface area contributed by atoms with Crippen LogP contribution in [-0.2, 0) is 0 Å². The van der Waals surface area contributed by atoms with Crippen LogP contribution in [0.1, 0.15) is 37.0 Å². The fourth-order valence-corrected chi connectivity index (χ4v) is 7.02. The Hall–Kier alpha value is -7.97. The van der Waals surface area contributed by atoms with Gasteiger partial charge in [-0.15, -0.1) is 0 Å². The van der Waals surface area contributed by atoms with Gasteiger partial charge in [0.1, 0.15) is 0 Å². The zero-order valence-corrected chi connectivity index (χ0v) is 28.3. The van der Waals surface area contributed by atoms with Gasteiger partial charge in [-0.1, -0.05) is 109 Å². The van der Waals surface area contributed by atoms with Crippen LogP contribution >= 0.6 is 0 Å². The molecule has 12 aromatic rings. The Labute approximate surface area is 363 Å². The maximum absolute atomic E-state index is 9.53. The molecule has 6 aromatic carbocycles. The minimum absolute atomic E-state index is 0.389. The van der Waals surface area contributed by atoms with E-state index in [1.54, 1.807) is 0 Å². The second-order valence-electron chi connectivity index (χ2n) is 12.2. The van der Waals surface area contributed by atoms with E-state index in [1.165, 1.54) is 18.2 Å². The Morgan fingerprint density at radius 2 is 0.895 bits per heavy atom. The molecule has 0 aliphatic carbocycles. The SMILES string of the molecule is [2H]c1nc2c3c([2H])c([2H])c([2H])c([2H])c3n(-c3cccc(-c4nc(-c5c([2H])c([2H])c([2H])c([2H])c5[2H])nc(-n5c6c([2H])c([2H])c([2H])c([2H])c6c6c([2H])c([2H])c([2H])c([2H])c65)n4)c3-n3c4c([2H])c([2H])c([2H])nc4c4c([2H])c([2H])c([2H])c([2H])c43)c2c([2H])c1[2H]. The van der Waals surface area contributed by atoms with E-state index in [4.69, 9.17) is 37.4 Å². The zero-order valence-electron chi connectivity index (χ0n) is 55.3. The Kier molecular flexibility index (Phi) is 3.22. The maximum atomic E-state index is 9.53. The summed E-state index contributed by atoms with van der Waals surface area (Å²) in [5.74, 6) is -2.36. The minimum atomic E-state index is -0.920. The second kappa shape index (κ2) is 12.3. The van der Waals surface area contributed by atoms with Crippen molar-refractivity contribution in [2.75, 3.05) is 0 Å². The van der Waals surface area contributed by atoms with Crippen LogP contribution in [0.4, 0.5) is 0 Å². The van der Waals surface area contributed by atoms with E-state index in [0.717, 1.165) is 13.7 Å². The summed E-state index contributed by atoms with van der Waals surface area (Å²) in [4.78, 5) is 22.5. The van der Waals surface area contributed by atoms with Crippen molar-refractivity contribution in [3.8, 4) is 40.1 Å². The highest BCUT2D eigenvalue weighted by molar-refractivity contribution is 6.11. The van der Waals surface area contributed by atoms with Crippen LogP contribution in [0.15, 0.2) is 182 Å². The van der Waals surface area contributed by atoms with Gasteiger partial charge in [0, 0.05) is 45.0 Å². The van der Waals surface area contributed by atoms with Crippen molar-refractivity contribution in [3.63, 3.8) is 0 Å². The third-order valence-corrected chi connectivity index (χ3v) is 9.26.